The highest BCUT2D eigenvalue weighted by Gasteiger charge is 2.24. The summed E-state index contributed by atoms with van der Waals surface area (Å²) in [5.41, 5.74) is 3.26. The second-order valence-electron chi connectivity index (χ2n) is 8.01. The highest BCUT2D eigenvalue weighted by Crippen LogP contribution is 2.30. The van der Waals surface area contributed by atoms with Crippen LogP contribution in [0.3, 0.4) is 0 Å². The van der Waals surface area contributed by atoms with E-state index in [1.165, 1.54) is 0 Å². The van der Waals surface area contributed by atoms with Gasteiger partial charge in [0.2, 0.25) is 5.91 Å². The van der Waals surface area contributed by atoms with Crippen molar-refractivity contribution < 1.29 is 9.90 Å². The Hall–Kier alpha value is -2.54. The molecule has 1 aliphatic carbocycles. The van der Waals surface area contributed by atoms with E-state index < -0.39 is 0 Å². The van der Waals surface area contributed by atoms with Gasteiger partial charge in [0.15, 0.2) is 5.82 Å². The van der Waals surface area contributed by atoms with Crippen molar-refractivity contribution in [3.05, 3.63) is 35.2 Å². The van der Waals surface area contributed by atoms with Crippen molar-refractivity contribution in [2.45, 2.75) is 52.2 Å². The van der Waals surface area contributed by atoms with E-state index >= 15 is 0 Å². The fraction of sp³-hybridized carbons (Fsp3) is 0.500. The second kappa shape index (κ2) is 7.60. The molecular formula is C20H27N5O2. The van der Waals surface area contributed by atoms with Gasteiger partial charge in [-0.05, 0) is 57.7 Å². The zero-order valence-electron chi connectivity index (χ0n) is 16.4. The van der Waals surface area contributed by atoms with Gasteiger partial charge in [0, 0.05) is 30.0 Å². The number of pyridine rings is 1. The summed E-state index contributed by atoms with van der Waals surface area (Å²) in [5, 5.41) is 12.4. The van der Waals surface area contributed by atoms with Gasteiger partial charge in [0.1, 0.15) is 11.5 Å². The number of anilines is 1. The van der Waals surface area contributed by atoms with Gasteiger partial charge in [-0.1, -0.05) is 0 Å². The number of fused-ring (bicyclic) bond motifs is 1. The molecule has 7 nitrogen and oxygen atoms in total. The minimum atomic E-state index is -0.272. The molecule has 1 amide bonds. The zero-order chi connectivity index (χ0) is 19.6. The van der Waals surface area contributed by atoms with E-state index in [0.29, 0.717) is 11.5 Å². The van der Waals surface area contributed by atoms with Crippen molar-refractivity contribution in [3.8, 4) is 11.5 Å². The van der Waals surface area contributed by atoms with Crippen molar-refractivity contribution in [1.29, 1.82) is 0 Å². The molecule has 0 aromatic carbocycles. The van der Waals surface area contributed by atoms with Crippen molar-refractivity contribution in [3.63, 3.8) is 0 Å². The van der Waals surface area contributed by atoms with Crippen LogP contribution in [-0.2, 0) is 24.2 Å². The average Bonchev–Trinajstić information content (AvgIpc) is 3.07. The van der Waals surface area contributed by atoms with Crippen LogP contribution in [-0.4, -0.2) is 45.1 Å². The minimum absolute atomic E-state index is 0.0442. The molecule has 0 fully saturated rings. The number of aliphatic hydroxyl groups excluding tert-OH is 1. The lowest BCUT2D eigenvalue weighted by Gasteiger charge is -2.25. The molecule has 0 saturated heterocycles. The lowest BCUT2D eigenvalue weighted by molar-refractivity contribution is -0.121. The predicted molar refractivity (Wildman–Crippen MR) is 104 cm³/mol. The average molecular weight is 369 g/mol. The molecule has 2 aromatic heterocycles. The number of aliphatic hydroxyl groups is 1. The standard InChI is InChI=1S/C20H27N5O2/c1-20(2,3)24-17(27)11-25(4)19-14-6-5-7-15(14)22-18(23-19)16-10-13(12-26)8-9-21-16/h8-10,26H,5-7,11-12H2,1-4H3,(H,24,27). The summed E-state index contributed by atoms with van der Waals surface area (Å²) < 4.78 is 0. The Morgan fingerprint density at radius 1 is 1.30 bits per heavy atom. The van der Waals surface area contributed by atoms with Crippen molar-refractivity contribution in [2.24, 2.45) is 0 Å². The van der Waals surface area contributed by atoms with Crippen molar-refractivity contribution in [1.82, 2.24) is 20.3 Å². The fourth-order valence-corrected chi connectivity index (χ4v) is 3.29. The van der Waals surface area contributed by atoms with Crippen LogP contribution in [0.4, 0.5) is 5.82 Å². The van der Waals surface area contributed by atoms with Crippen molar-refractivity contribution >= 4 is 11.7 Å². The molecule has 0 radical (unpaired) electrons. The number of carbonyl (C=O) groups is 1. The molecule has 1 aliphatic rings. The molecule has 0 saturated carbocycles. The van der Waals surface area contributed by atoms with E-state index in [1.807, 2.05) is 32.7 Å². The molecule has 2 N–H and O–H groups in total. The van der Waals surface area contributed by atoms with Gasteiger partial charge in [-0.2, -0.15) is 0 Å². The van der Waals surface area contributed by atoms with Gasteiger partial charge < -0.3 is 15.3 Å². The summed E-state index contributed by atoms with van der Waals surface area (Å²) in [6.07, 6.45) is 4.50. The third kappa shape index (κ3) is 4.60. The van der Waals surface area contributed by atoms with Gasteiger partial charge in [-0.3, -0.25) is 9.78 Å². The highest BCUT2D eigenvalue weighted by molar-refractivity contribution is 5.82. The number of nitrogens with one attached hydrogen (secondary N) is 1. The second-order valence-corrected chi connectivity index (χ2v) is 8.01. The number of hydrogen-bond donors (Lipinski definition) is 2. The van der Waals surface area contributed by atoms with E-state index in [1.54, 1.807) is 18.3 Å². The number of carbonyl (C=O) groups excluding carboxylic acids is 1. The number of rotatable bonds is 5. The molecule has 3 rings (SSSR count). The normalized spacial score (nSPS) is 13.4. The number of nitrogens with zero attached hydrogens (tertiary/aromatic N) is 4. The number of aryl methyl sites for hydroxylation is 1. The smallest absolute Gasteiger partial charge is 0.239 e. The molecule has 0 atom stereocenters. The number of hydrogen-bond acceptors (Lipinski definition) is 6. The van der Waals surface area contributed by atoms with Gasteiger partial charge in [0.25, 0.3) is 0 Å². The molecule has 0 bridgehead atoms. The summed E-state index contributed by atoms with van der Waals surface area (Å²) in [5.74, 6) is 1.27. The van der Waals surface area contributed by atoms with Crippen LogP contribution in [0.1, 0.15) is 44.0 Å². The maximum absolute atomic E-state index is 12.3. The summed E-state index contributed by atoms with van der Waals surface area (Å²) >= 11 is 0. The van der Waals surface area contributed by atoms with E-state index in [4.69, 9.17) is 9.97 Å². The number of amides is 1. The minimum Gasteiger partial charge on any atom is -0.392 e. The van der Waals surface area contributed by atoms with Crippen molar-refractivity contribution in [2.75, 3.05) is 18.5 Å². The summed E-state index contributed by atoms with van der Waals surface area (Å²) in [6.45, 7) is 6.06. The van der Waals surface area contributed by atoms with Crippen LogP contribution < -0.4 is 10.2 Å². The molecule has 27 heavy (non-hydrogen) atoms. The Morgan fingerprint density at radius 2 is 2.07 bits per heavy atom. The van der Waals surface area contributed by atoms with Crippen LogP contribution in [0.15, 0.2) is 18.3 Å². The van der Waals surface area contributed by atoms with Gasteiger partial charge in [-0.25, -0.2) is 9.97 Å². The third-order valence-electron chi connectivity index (χ3n) is 4.40. The largest absolute Gasteiger partial charge is 0.392 e. The first-order valence-corrected chi connectivity index (χ1v) is 9.25. The molecule has 144 valence electrons. The third-order valence-corrected chi connectivity index (χ3v) is 4.40. The Balaban J connectivity index is 1.93. The Morgan fingerprint density at radius 3 is 2.78 bits per heavy atom. The van der Waals surface area contributed by atoms with Crippen LogP contribution >= 0.6 is 0 Å². The van der Waals surface area contributed by atoms with E-state index in [9.17, 15) is 9.90 Å². The topological polar surface area (TPSA) is 91.2 Å². The van der Waals surface area contributed by atoms with Crippen LogP contribution in [0.25, 0.3) is 11.5 Å². The molecule has 7 heteroatoms. The molecule has 0 unspecified atom stereocenters. The highest BCUT2D eigenvalue weighted by atomic mass is 16.3. The van der Waals surface area contributed by atoms with Crippen LogP contribution in [0.2, 0.25) is 0 Å². The zero-order valence-corrected chi connectivity index (χ0v) is 16.4. The molecule has 2 heterocycles. The fourth-order valence-electron chi connectivity index (χ4n) is 3.29. The number of aromatic nitrogens is 3. The van der Waals surface area contributed by atoms with Gasteiger partial charge in [0.05, 0.1) is 13.2 Å². The number of likely N-dealkylation sites (N-methyl/N-ethyl adjacent to an activating group) is 1. The first-order chi connectivity index (χ1) is 12.8. The summed E-state index contributed by atoms with van der Waals surface area (Å²) in [4.78, 5) is 28.0. The lowest BCUT2D eigenvalue weighted by atomic mass is 10.1. The maximum Gasteiger partial charge on any atom is 0.239 e. The maximum atomic E-state index is 12.3. The van der Waals surface area contributed by atoms with Gasteiger partial charge in [-0.15, -0.1) is 0 Å². The SMILES string of the molecule is CN(CC(=O)NC(C)(C)C)c1nc(-c2cc(CO)ccn2)nc2c1CCC2. The molecule has 2 aromatic rings. The van der Waals surface area contributed by atoms with Gasteiger partial charge >= 0.3 is 0 Å². The Labute approximate surface area is 159 Å². The lowest BCUT2D eigenvalue weighted by Crippen LogP contribution is -2.45. The van der Waals surface area contributed by atoms with E-state index in [0.717, 1.165) is 41.9 Å². The predicted octanol–water partition coefficient (Wildman–Crippen LogP) is 1.87. The summed E-state index contributed by atoms with van der Waals surface area (Å²) in [6, 6.07) is 3.56. The first kappa shape index (κ1) is 19.2. The monoisotopic (exact) mass is 369 g/mol. The van der Waals surface area contributed by atoms with Crippen LogP contribution in [0.5, 0.6) is 0 Å². The van der Waals surface area contributed by atoms with E-state index in [2.05, 4.69) is 10.3 Å². The Bertz CT molecular complexity index is 845. The molecular weight excluding hydrogens is 342 g/mol. The molecule has 0 spiro atoms. The Kier molecular flexibility index (Phi) is 5.41. The quantitative estimate of drug-likeness (QED) is 0.836. The first-order valence-electron chi connectivity index (χ1n) is 9.25. The van der Waals surface area contributed by atoms with E-state index in [-0.39, 0.29) is 24.6 Å². The molecule has 0 aliphatic heterocycles. The summed E-state index contributed by atoms with van der Waals surface area (Å²) in [7, 11) is 1.88. The van der Waals surface area contributed by atoms with Crippen LogP contribution in [0, 0.1) is 0 Å².